The lowest BCUT2D eigenvalue weighted by Crippen LogP contribution is -2.64. The first-order valence-electron chi connectivity index (χ1n) is 23.6. The van der Waals surface area contributed by atoms with E-state index in [-0.39, 0.29) is 12.8 Å². The summed E-state index contributed by atoms with van der Waals surface area (Å²) in [4.78, 5) is 23.4. The maximum atomic E-state index is 13.0. The zero-order valence-corrected chi connectivity index (χ0v) is 37.4. The molecule has 0 aromatic carbocycles. The molecule has 8 unspecified atom stereocenters. The molecule has 1 amide bonds. The number of phosphoric acid groups is 1. The molecule has 8 atom stereocenters. The van der Waals surface area contributed by atoms with Gasteiger partial charge in [0.05, 0.1) is 31.3 Å². The first-order valence-corrected chi connectivity index (χ1v) is 25.1. The highest BCUT2D eigenvalue weighted by Crippen LogP contribution is 2.47. The van der Waals surface area contributed by atoms with Gasteiger partial charge in [0.25, 0.3) is 0 Å². The first-order chi connectivity index (χ1) is 27.8. The van der Waals surface area contributed by atoms with Gasteiger partial charge in [0, 0.05) is 0 Å². The monoisotopic (exact) mass is 854 g/mol. The summed E-state index contributed by atoms with van der Waals surface area (Å²) in [5.41, 5.74) is 0. The smallest absolute Gasteiger partial charge is 0.393 e. The van der Waals surface area contributed by atoms with Crippen molar-refractivity contribution in [1.82, 2.24) is 5.32 Å². The molecule has 0 aliphatic heterocycles. The molecule has 0 saturated heterocycles. The third-order valence-corrected chi connectivity index (χ3v) is 12.7. The number of carbonyl (C=O) groups excluding carboxylic acids is 1. The van der Waals surface area contributed by atoms with Gasteiger partial charge in [-0.15, -0.1) is 0 Å². The predicted octanol–water partition coefficient (Wildman–Crippen LogP) is 7.65. The van der Waals surface area contributed by atoms with Crippen LogP contribution < -0.4 is 5.32 Å². The van der Waals surface area contributed by atoms with Crippen molar-refractivity contribution in [2.24, 2.45) is 0 Å². The summed E-state index contributed by atoms with van der Waals surface area (Å²) in [5.74, 6) is -0.557. The molecule has 1 aliphatic rings. The Morgan fingerprint density at radius 3 is 1.24 bits per heavy atom. The zero-order valence-electron chi connectivity index (χ0n) is 36.5. The Morgan fingerprint density at radius 1 is 0.534 bits per heavy atom. The third kappa shape index (κ3) is 26.6. The van der Waals surface area contributed by atoms with Crippen LogP contribution in [0.5, 0.6) is 0 Å². The highest BCUT2D eigenvalue weighted by atomic mass is 31.2. The van der Waals surface area contributed by atoms with Gasteiger partial charge in [0.2, 0.25) is 5.91 Å². The minimum Gasteiger partial charge on any atom is -0.393 e. The average Bonchev–Trinajstić information content (AvgIpc) is 3.19. The standard InChI is InChI=1S/C44H88NO12P/c1-3-5-7-9-11-13-15-17-18-20-21-23-25-27-29-31-35(46)33-38(48)45-36(37(47)32-30-28-26-24-22-19-16-14-12-10-8-6-4-2)34-56-58(54,55)57-44-42(52)40(50)39(49)41(51)43(44)53/h35-37,39-44,46-47,49-53H,3-34H2,1-2H3,(H,45,48)(H,54,55). The molecule has 1 rings (SSSR count). The van der Waals surface area contributed by atoms with Gasteiger partial charge in [-0.2, -0.15) is 0 Å². The van der Waals surface area contributed by atoms with E-state index in [1.807, 2.05) is 0 Å². The molecular weight excluding hydrogens is 765 g/mol. The lowest BCUT2D eigenvalue weighted by atomic mass is 9.85. The molecule has 0 bridgehead atoms. The molecule has 1 aliphatic carbocycles. The van der Waals surface area contributed by atoms with Gasteiger partial charge < -0.3 is 46.0 Å². The fourth-order valence-corrected chi connectivity index (χ4v) is 8.80. The minimum atomic E-state index is -5.11. The van der Waals surface area contributed by atoms with Crippen LogP contribution >= 0.6 is 7.82 Å². The largest absolute Gasteiger partial charge is 0.472 e. The number of hydrogen-bond donors (Lipinski definition) is 9. The molecule has 0 spiro atoms. The molecule has 9 N–H and O–H groups in total. The van der Waals surface area contributed by atoms with E-state index < -0.39 is 75.2 Å². The van der Waals surface area contributed by atoms with E-state index in [2.05, 4.69) is 19.2 Å². The Bertz CT molecular complexity index is 1010. The molecule has 1 fully saturated rings. The summed E-state index contributed by atoms with van der Waals surface area (Å²) in [7, 11) is -5.11. The van der Waals surface area contributed by atoms with E-state index in [0.717, 1.165) is 51.4 Å². The maximum Gasteiger partial charge on any atom is 0.472 e. The molecule has 58 heavy (non-hydrogen) atoms. The summed E-state index contributed by atoms with van der Waals surface area (Å²) < 4.78 is 22.9. The van der Waals surface area contributed by atoms with E-state index in [4.69, 9.17) is 9.05 Å². The summed E-state index contributed by atoms with van der Waals surface area (Å²) in [6.45, 7) is 3.79. The number of unbranched alkanes of at least 4 members (excludes halogenated alkanes) is 26. The quantitative estimate of drug-likeness (QED) is 0.0215. The van der Waals surface area contributed by atoms with E-state index in [9.17, 15) is 50.0 Å². The molecule has 0 aromatic rings. The van der Waals surface area contributed by atoms with Crippen LogP contribution in [0.15, 0.2) is 0 Å². The van der Waals surface area contributed by atoms with Gasteiger partial charge in [-0.25, -0.2) is 4.57 Å². The van der Waals surface area contributed by atoms with Crippen molar-refractivity contribution >= 4 is 13.7 Å². The van der Waals surface area contributed by atoms with Crippen LogP contribution in [0.4, 0.5) is 0 Å². The van der Waals surface area contributed by atoms with Gasteiger partial charge in [0.15, 0.2) is 0 Å². The highest BCUT2D eigenvalue weighted by Gasteiger charge is 2.51. The number of aliphatic hydroxyl groups is 7. The summed E-state index contributed by atoms with van der Waals surface area (Å²) >= 11 is 0. The highest BCUT2D eigenvalue weighted by molar-refractivity contribution is 7.47. The number of rotatable bonds is 39. The Balaban J connectivity index is 2.51. The number of nitrogens with one attached hydrogen (secondary N) is 1. The normalized spacial score (nSPS) is 23.7. The lowest BCUT2D eigenvalue weighted by Gasteiger charge is -2.41. The number of carbonyl (C=O) groups is 1. The molecule has 14 heteroatoms. The molecule has 13 nitrogen and oxygen atoms in total. The second kappa shape index (κ2) is 34.8. The van der Waals surface area contributed by atoms with E-state index in [1.165, 1.54) is 122 Å². The van der Waals surface area contributed by atoms with Gasteiger partial charge in [-0.3, -0.25) is 13.8 Å². The van der Waals surface area contributed by atoms with Crippen LogP contribution in [-0.4, -0.2) is 108 Å². The predicted molar refractivity (Wildman–Crippen MR) is 229 cm³/mol. The van der Waals surface area contributed by atoms with Crippen molar-refractivity contribution in [2.45, 2.75) is 268 Å². The number of phosphoric ester groups is 1. The summed E-state index contributed by atoms with van der Waals surface area (Å²) in [6, 6.07) is -1.15. The molecule has 0 radical (unpaired) electrons. The van der Waals surface area contributed by atoms with Crippen molar-refractivity contribution in [3.63, 3.8) is 0 Å². The fraction of sp³-hybridized carbons (Fsp3) is 0.977. The Labute approximate surface area is 351 Å². The Hall–Kier alpha value is -0.700. The number of aliphatic hydroxyl groups excluding tert-OH is 7. The van der Waals surface area contributed by atoms with E-state index in [1.54, 1.807) is 0 Å². The van der Waals surface area contributed by atoms with Crippen LogP contribution in [-0.2, 0) is 18.4 Å². The van der Waals surface area contributed by atoms with Gasteiger partial charge >= 0.3 is 7.82 Å². The zero-order chi connectivity index (χ0) is 43.0. The van der Waals surface area contributed by atoms with Crippen LogP contribution in [0.2, 0.25) is 0 Å². The van der Waals surface area contributed by atoms with Gasteiger partial charge in [-0.1, -0.05) is 194 Å². The Kier molecular flexibility index (Phi) is 33.2. The number of hydrogen-bond acceptors (Lipinski definition) is 11. The van der Waals surface area contributed by atoms with Gasteiger partial charge in [-0.05, 0) is 12.8 Å². The summed E-state index contributed by atoms with van der Waals surface area (Å²) in [5, 5.41) is 74.6. The summed E-state index contributed by atoms with van der Waals surface area (Å²) in [6.07, 6.45) is 20.1. The fourth-order valence-electron chi connectivity index (χ4n) is 7.83. The molecule has 346 valence electrons. The van der Waals surface area contributed by atoms with Crippen LogP contribution in [0.1, 0.15) is 213 Å². The van der Waals surface area contributed by atoms with Crippen molar-refractivity contribution in [1.29, 1.82) is 0 Å². The Morgan fingerprint density at radius 2 is 0.862 bits per heavy atom. The topological polar surface area (TPSA) is 226 Å². The van der Waals surface area contributed by atoms with Crippen LogP contribution in [0, 0.1) is 0 Å². The third-order valence-electron chi connectivity index (χ3n) is 11.7. The van der Waals surface area contributed by atoms with Gasteiger partial charge in [0.1, 0.15) is 36.6 Å². The molecule has 0 heterocycles. The van der Waals surface area contributed by atoms with E-state index in [0.29, 0.717) is 12.8 Å². The van der Waals surface area contributed by atoms with Crippen molar-refractivity contribution in [3.05, 3.63) is 0 Å². The molecular formula is C44H88NO12P. The first kappa shape index (κ1) is 55.3. The second-order valence-corrected chi connectivity index (χ2v) is 18.6. The second-order valence-electron chi connectivity index (χ2n) is 17.2. The van der Waals surface area contributed by atoms with Crippen LogP contribution in [0.3, 0.4) is 0 Å². The molecule has 1 saturated carbocycles. The minimum absolute atomic E-state index is 0.216. The number of amides is 1. The van der Waals surface area contributed by atoms with Crippen molar-refractivity contribution in [2.75, 3.05) is 6.61 Å². The SMILES string of the molecule is CCCCCCCCCCCCCCCCCC(O)CC(=O)NC(COP(=O)(O)OC1C(O)C(O)C(O)C(O)C1O)C(O)CCCCCCCCCCCCCCC. The van der Waals surface area contributed by atoms with E-state index >= 15 is 0 Å². The van der Waals surface area contributed by atoms with Crippen molar-refractivity contribution in [3.8, 4) is 0 Å². The van der Waals surface area contributed by atoms with Crippen LogP contribution in [0.25, 0.3) is 0 Å². The maximum absolute atomic E-state index is 13.0. The average molecular weight is 854 g/mol. The lowest BCUT2D eigenvalue weighted by molar-refractivity contribution is -0.220. The molecule has 0 aromatic heterocycles. The van der Waals surface area contributed by atoms with Crippen molar-refractivity contribution < 1.29 is 59.0 Å².